The van der Waals surface area contributed by atoms with Crippen LogP contribution in [-0.2, 0) is 33.4 Å². The highest BCUT2D eigenvalue weighted by molar-refractivity contribution is 5.68. The molecule has 0 radical (unpaired) electrons. The summed E-state index contributed by atoms with van der Waals surface area (Å²) in [4.78, 5) is 48.0. The Kier molecular flexibility index (Phi) is 7.45. The lowest BCUT2D eigenvalue weighted by Crippen LogP contribution is -2.68. The van der Waals surface area contributed by atoms with Crippen LogP contribution in [-0.4, -0.2) is 42.5 Å². The van der Waals surface area contributed by atoms with Crippen molar-refractivity contribution in [3.63, 3.8) is 0 Å². The molecule has 0 aliphatic heterocycles. The highest BCUT2D eigenvalue weighted by Crippen LogP contribution is 2.65. The fourth-order valence-corrected chi connectivity index (χ4v) is 7.78. The molecule has 8 heteroatoms. The molecule has 3 fully saturated rings. The molecular formula is C26H37NO7. The fourth-order valence-electron chi connectivity index (χ4n) is 7.78. The zero-order chi connectivity index (χ0) is 25.4. The summed E-state index contributed by atoms with van der Waals surface area (Å²) in [7, 11) is 0. The van der Waals surface area contributed by atoms with Gasteiger partial charge in [-0.3, -0.25) is 14.4 Å². The predicted molar refractivity (Wildman–Crippen MR) is 121 cm³/mol. The first-order valence-electron chi connectivity index (χ1n) is 12.3. The fraction of sp³-hybridized carbons (Fsp3) is 0.808. The van der Waals surface area contributed by atoms with Gasteiger partial charge in [0.05, 0.1) is 11.5 Å². The summed E-state index contributed by atoms with van der Waals surface area (Å²) in [5.74, 6) is -1.57. The third kappa shape index (κ3) is 4.34. The van der Waals surface area contributed by atoms with Crippen LogP contribution in [0.2, 0.25) is 0 Å². The molecule has 0 aromatic heterocycles. The molecule has 10 unspecified atom stereocenters. The normalized spacial score (nSPS) is 43.3. The SMILES string of the molecule is CC(=O)OC1C(C)C2CCC3C(CC=O)C(C)(C#N)CCC3C2(C)C(OC(C)=O)C1OC(C)=O. The predicted octanol–water partition coefficient (Wildman–Crippen LogP) is 3.61. The first-order chi connectivity index (χ1) is 15.9. The molecule has 10 atom stereocenters. The summed E-state index contributed by atoms with van der Waals surface area (Å²) >= 11 is 0. The monoisotopic (exact) mass is 475 g/mol. The van der Waals surface area contributed by atoms with Crippen LogP contribution < -0.4 is 0 Å². The molecule has 0 saturated heterocycles. The molecule has 0 aromatic carbocycles. The number of ether oxygens (including phenoxy) is 3. The van der Waals surface area contributed by atoms with Crippen LogP contribution in [0.1, 0.15) is 73.6 Å². The number of hydrogen-bond donors (Lipinski definition) is 0. The van der Waals surface area contributed by atoms with E-state index in [-0.39, 0.29) is 29.6 Å². The van der Waals surface area contributed by atoms with Crippen LogP contribution in [0.5, 0.6) is 0 Å². The highest BCUT2D eigenvalue weighted by Gasteiger charge is 2.67. The van der Waals surface area contributed by atoms with Crippen LogP contribution in [0.3, 0.4) is 0 Å². The van der Waals surface area contributed by atoms with Crippen LogP contribution in [0.4, 0.5) is 0 Å². The molecule has 0 bridgehead atoms. The number of carbonyl (C=O) groups is 4. The second kappa shape index (κ2) is 9.67. The Morgan fingerprint density at radius 3 is 2.06 bits per heavy atom. The quantitative estimate of drug-likeness (QED) is 0.336. The van der Waals surface area contributed by atoms with Crippen molar-refractivity contribution in [1.82, 2.24) is 0 Å². The molecular weight excluding hydrogens is 438 g/mol. The van der Waals surface area contributed by atoms with Crippen molar-refractivity contribution in [2.45, 2.75) is 92.0 Å². The van der Waals surface area contributed by atoms with E-state index in [9.17, 15) is 24.4 Å². The number of esters is 3. The van der Waals surface area contributed by atoms with Gasteiger partial charge in [0, 0.05) is 38.5 Å². The van der Waals surface area contributed by atoms with Gasteiger partial charge in [-0.15, -0.1) is 0 Å². The van der Waals surface area contributed by atoms with Crippen molar-refractivity contribution in [3.05, 3.63) is 0 Å². The van der Waals surface area contributed by atoms with Crippen molar-refractivity contribution in [2.75, 3.05) is 0 Å². The lowest BCUT2D eigenvalue weighted by atomic mass is 9.42. The molecule has 0 amide bonds. The third-order valence-corrected chi connectivity index (χ3v) is 9.13. The minimum atomic E-state index is -0.936. The second-order valence-electron chi connectivity index (χ2n) is 10.9. The number of hydrogen-bond acceptors (Lipinski definition) is 8. The zero-order valence-corrected chi connectivity index (χ0v) is 21.0. The molecule has 34 heavy (non-hydrogen) atoms. The lowest BCUT2D eigenvalue weighted by molar-refractivity contribution is -0.258. The smallest absolute Gasteiger partial charge is 0.303 e. The zero-order valence-electron chi connectivity index (χ0n) is 21.0. The van der Waals surface area contributed by atoms with Crippen molar-refractivity contribution >= 4 is 24.2 Å². The van der Waals surface area contributed by atoms with Gasteiger partial charge >= 0.3 is 17.9 Å². The van der Waals surface area contributed by atoms with Gasteiger partial charge in [-0.1, -0.05) is 13.8 Å². The Hall–Kier alpha value is -2.43. The number of carbonyl (C=O) groups excluding carboxylic acids is 4. The van der Waals surface area contributed by atoms with Gasteiger partial charge in [0.15, 0.2) is 6.10 Å². The minimum absolute atomic E-state index is 0.0394. The largest absolute Gasteiger partial charge is 0.458 e. The van der Waals surface area contributed by atoms with E-state index in [4.69, 9.17) is 14.2 Å². The molecule has 3 aliphatic rings. The number of fused-ring (bicyclic) bond motifs is 3. The van der Waals surface area contributed by atoms with Crippen molar-refractivity contribution in [1.29, 1.82) is 5.26 Å². The summed E-state index contributed by atoms with van der Waals surface area (Å²) in [6.45, 7) is 9.96. The summed E-state index contributed by atoms with van der Waals surface area (Å²) in [5, 5.41) is 9.97. The summed E-state index contributed by atoms with van der Waals surface area (Å²) < 4.78 is 17.3. The maximum absolute atomic E-state index is 12.3. The molecule has 0 aromatic rings. The number of nitriles is 1. The Balaban J connectivity index is 2.13. The van der Waals surface area contributed by atoms with Crippen molar-refractivity contribution in [2.24, 2.45) is 40.4 Å². The van der Waals surface area contributed by atoms with Gasteiger partial charge in [-0.2, -0.15) is 5.26 Å². The number of rotatable bonds is 5. The van der Waals surface area contributed by atoms with Crippen LogP contribution >= 0.6 is 0 Å². The van der Waals surface area contributed by atoms with E-state index in [0.29, 0.717) is 12.8 Å². The first-order valence-corrected chi connectivity index (χ1v) is 12.3. The molecule has 3 rings (SSSR count). The van der Waals surface area contributed by atoms with E-state index >= 15 is 0 Å². The third-order valence-electron chi connectivity index (χ3n) is 9.13. The summed E-state index contributed by atoms with van der Waals surface area (Å²) in [6, 6.07) is 2.48. The first kappa shape index (κ1) is 26.2. The minimum Gasteiger partial charge on any atom is -0.458 e. The van der Waals surface area contributed by atoms with E-state index in [1.54, 1.807) is 0 Å². The van der Waals surface area contributed by atoms with Crippen molar-refractivity contribution < 1.29 is 33.4 Å². The van der Waals surface area contributed by atoms with E-state index in [2.05, 4.69) is 13.0 Å². The lowest BCUT2D eigenvalue weighted by Gasteiger charge is -2.64. The molecule has 3 aliphatic carbocycles. The van der Waals surface area contributed by atoms with Gasteiger partial charge in [-0.05, 0) is 56.3 Å². The van der Waals surface area contributed by atoms with Crippen LogP contribution in [0, 0.1) is 51.8 Å². The summed E-state index contributed by atoms with van der Waals surface area (Å²) in [5.41, 5.74) is -1.18. The highest BCUT2D eigenvalue weighted by atomic mass is 16.6. The Labute approximate surface area is 201 Å². The maximum Gasteiger partial charge on any atom is 0.303 e. The Morgan fingerprint density at radius 1 is 0.941 bits per heavy atom. The standard InChI is InChI=1S/C26H37NO7/c1-14-19-8-7-18-20(10-12-28)25(5,13-27)11-9-21(18)26(19,6)24(34-17(4)31)23(33-16(3)30)22(14)32-15(2)29/h12,14,18-24H,7-11H2,1-6H3. The van der Waals surface area contributed by atoms with Crippen molar-refractivity contribution in [3.8, 4) is 6.07 Å². The van der Waals surface area contributed by atoms with Gasteiger partial charge in [-0.25, -0.2) is 0 Å². The average Bonchev–Trinajstić information content (AvgIpc) is 2.75. The van der Waals surface area contributed by atoms with Gasteiger partial charge in [0.25, 0.3) is 0 Å². The van der Waals surface area contributed by atoms with Crippen LogP contribution in [0.15, 0.2) is 0 Å². The van der Waals surface area contributed by atoms with E-state index < -0.39 is 47.0 Å². The molecule has 0 spiro atoms. The Morgan fingerprint density at radius 2 is 1.53 bits per heavy atom. The van der Waals surface area contributed by atoms with E-state index in [1.165, 1.54) is 20.8 Å². The number of aldehydes is 1. The molecule has 8 nitrogen and oxygen atoms in total. The van der Waals surface area contributed by atoms with Gasteiger partial charge in [0.1, 0.15) is 18.5 Å². The van der Waals surface area contributed by atoms with Gasteiger partial charge < -0.3 is 19.0 Å². The van der Waals surface area contributed by atoms with E-state index in [0.717, 1.165) is 25.5 Å². The van der Waals surface area contributed by atoms with Gasteiger partial charge in [0.2, 0.25) is 0 Å². The van der Waals surface area contributed by atoms with E-state index in [1.807, 2.05) is 13.8 Å². The maximum atomic E-state index is 12.3. The average molecular weight is 476 g/mol. The number of nitrogens with zero attached hydrogens (tertiary/aromatic N) is 1. The molecule has 188 valence electrons. The molecule has 0 heterocycles. The molecule has 0 N–H and O–H groups in total. The summed E-state index contributed by atoms with van der Waals surface area (Å²) in [6.07, 6.45) is 1.72. The second-order valence-corrected chi connectivity index (χ2v) is 10.9. The Bertz CT molecular complexity index is 881. The molecule has 3 saturated carbocycles. The van der Waals surface area contributed by atoms with Crippen LogP contribution in [0.25, 0.3) is 0 Å². The topological polar surface area (TPSA) is 120 Å².